The highest BCUT2D eigenvalue weighted by molar-refractivity contribution is 5.98. The van der Waals surface area contributed by atoms with Crippen molar-refractivity contribution in [3.63, 3.8) is 0 Å². The number of allylic oxidation sites excluding steroid dienone is 1. The molecule has 0 atom stereocenters. The lowest BCUT2D eigenvalue weighted by molar-refractivity contribution is -0.127. The van der Waals surface area contributed by atoms with E-state index in [2.05, 4.69) is 11.5 Å². The fraction of sp³-hybridized carbons (Fsp3) is 0.417. The van der Waals surface area contributed by atoms with Crippen LogP contribution in [0.25, 0.3) is 0 Å². The summed E-state index contributed by atoms with van der Waals surface area (Å²) in [6.45, 7) is 8.14. The van der Waals surface area contributed by atoms with Crippen molar-refractivity contribution in [3.05, 3.63) is 48.3 Å². The molecular formula is C24H36N6O3. The highest BCUT2D eigenvalue weighted by Gasteiger charge is 2.36. The SMILES string of the molecule is C.C=CC=O.CC1=NC2=C(CN1C)CN(CCN1CCCC1=O)C(=O)N2c1cccc(N)c1.[HH]. The highest BCUT2D eigenvalue weighted by Crippen LogP contribution is 2.32. The van der Waals surface area contributed by atoms with E-state index in [0.29, 0.717) is 49.5 Å². The minimum Gasteiger partial charge on any atom is -0.399 e. The number of aliphatic imine (C=N–C) groups is 1. The summed E-state index contributed by atoms with van der Waals surface area (Å²) in [5.41, 5.74) is 8.36. The van der Waals surface area contributed by atoms with Crippen LogP contribution in [0.1, 0.15) is 28.6 Å². The van der Waals surface area contributed by atoms with Crippen LogP contribution in [0.2, 0.25) is 0 Å². The van der Waals surface area contributed by atoms with E-state index in [1.165, 1.54) is 6.08 Å². The number of benzene rings is 1. The number of aldehydes is 1. The molecule has 0 spiro atoms. The van der Waals surface area contributed by atoms with Crippen LogP contribution in [0.5, 0.6) is 0 Å². The number of amides is 3. The smallest absolute Gasteiger partial charge is 0.330 e. The third kappa shape index (κ3) is 5.79. The van der Waals surface area contributed by atoms with Crippen molar-refractivity contribution in [1.82, 2.24) is 14.7 Å². The Hall–Kier alpha value is -3.62. The van der Waals surface area contributed by atoms with E-state index in [9.17, 15) is 9.59 Å². The summed E-state index contributed by atoms with van der Waals surface area (Å²) in [5.74, 6) is 1.74. The number of nitrogens with two attached hydrogens (primary N) is 1. The van der Waals surface area contributed by atoms with Crippen molar-refractivity contribution in [2.75, 3.05) is 50.4 Å². The summed E-state index contributed by atoms with van der Waals surface area (Å²) in [5, 5.41) is 0. The summed E-state index contributed by atoms with van der Waals surface area (Å²) in [6.07, 6.45) is 3.34. The number of carbonyl (C=O) groups excluding carboxylic acids is 3. The lowest BCUT2D eigenvalue weighted by Crippen LogP contribution is -2.53. The minimum absolute atomic E-state index is 0. The van der Waals surface area contributed by atoms with Crippen LogP contribution in [0, 0.1) is 0 Å². The first-order valence-electron chi connectivity index (χ1n) is 10.6. The van der Waals surface area contributed by atoms with Crippen LogP contribution < -0.4 is 10.6 Å². The number of nitrogens with zero attached hydrogens (tertiary/aromatic N) is 5. The average molecular weight is 457 g/mol. The van der Waals surface area contributed by atoms with E-state index >= 15 is 0 Å². The molecule has 0 aromatic heterocycles. The lowest BCUT2D eigenvalue weighted by Gasteiger charge is -2.41. The van der Waals surface area contributed by atoms with Gasteiger partial charge in [-0.3, -0.25) is 9.59 Å². The fourth-order valence-corrected chi connectivity index (χ4v) is 3.90. The second kappa shape index (κ2) is 11.3. The van der Waals surface area contributed by atoms with Gasteiger partial charge in [-0.25, -0.2) is 14.7 Å². The van der Waals surface area contributed by atoms with Gasteiger partial charge in [0.2, 0.25) is 5.91 Å². The Morgan fingerprint density at radius 2 is 1.91 bits per heavy atom. The molecule has 0 unspecified atom stereocenters. The van der Waals surface area contributed by atoms with Gasteiger partial charge < -0.3 is 20.4 Å². The van der Waals surface area contributed by atoms with Crippen molar-refractivity contribution in [2.24, 2.45) is 4.99 Å². The largest absolute Gasteiger partial charge is 0.399 e. The monoisotopic (exact) mass is 456 g/mol. The molecule has 180 valence electrons. The van der Waals surface area contributed by atoms with Crippen molar-refractivity contribution in [1.29, 1.82) is 0 Å². The number of nitrogen functional groups attached to an aromatic ring is 1. The van der Waals surface area contributed by atoms with Gasteiger partial charge in [0.15, 0.2) is 0 Å². The zero-order valence-electron chi connectivity index (χ0n) is 18.7. The topological polar surface area (TPSA) is 103 Å². The molecule has 0 saturated carbocycles. The number of hydrogen-bond donors (Lipinski definition) is 1. The number of urea groups is 1. The first kappa shape index (κ1) is 25.6. The minimum atomic E-state index is -0.128. The molecular weight excluding hydrogens is 420 g/mol. The molecule has 1 aromatic rings. The van der Waals surface area contributed by atoms with Gasteiger partial charge >= 0.3 is 6.03 Å². The van der Waals surface area contributed by atoms with Crippen molar-refractivity contribution in [2.45, 2.75) is 27.2 Å². The van der Waals surface area contributed by atoms with Gasteiger partial charge in [0, 0.05) is 58.9 Å². The standard InChI is InChI=1S/C20H26N6O2.C3H4O.CH4.H2/c1-14-22-19-15(12-23(14)2)13-25(10-9-24-8-4-7-18(24)27)20(28)26(19)17-6-3-5-16(21)11-17;1-2-3-4;;/h3,5-6,11H,4,7-10,12-13,21H2,1-2H3;2-3H,1H2;1H4;1H. The van der Waals surface area contributed by atoms with Crippen molar-refractivity contribution in [3.8, 4) is 0 Å². The second-order valence-electron chi connectivity index (χ2n) is 7.93. The Morgan fingerprint density at radius 3 is 2.52 bits per heavy atom. The zero-order valence-corrected chi connectivity index (χ0v) is 18.7. The molecule has 2 N–H and O–H groups in total. The number of carbonyl (C=O) groups is 3. The summed E-state index contributed by atoms with van der Waals surface area (Å²) in [6, 6.07) is 7.17. The molecule has 1 saturated heterocycles. The van der Waals surface area contributed by atoms with Crippen LogP contribution >= 0.6 is 0 Å². The van der Waals surface area contributed by atoms with Crippen LogP contribution in [0.15, 0.2) is 53.3 Å². The summed E-state index contributed by atoms with van der Waals surface area (Å²) < 4.78 is 0. The van der Waals surface area contributed by atoms with Crippen LogP contribution in [0.4, 0.5) is 16.2 Å². The van der Waals surface area contributed by atoms with Crippen molar-refractivity contribution >= 4 is 35.4 Å². The molecule has 4 rings (SSSR count). The molecule has 1 fully saturated rings. The second-order valence-corrected chi connectivity index (χ2v) is 7.93. The lowest BCUT2D eigenvalue weighted by atomic mass is 10.1. The molecule has 3 amide bonds. The predicted molar refractivity (Wildman–Crippen MR) is 134 cm³/mol. The fourth-order valence-electron chi connectivity index (χ4n) is 3.90. The zero-order chi connectivity index (χ0) is 23.3. The number of amidine groups is 1. The molecule has 3 heterocycles. The van der Waals surface area contributed by atoms with Gasteiger partial charge in [0.05, 0.1) is 5.69 Å². The van der Waals surface area contributed by atoms with Gasteiger partial charge in [-0.1, -0.05) is 20.1 Å². The first-order chi connectivity index (χ1) is 15.3. The normalized spacial score (nSPS) is 17.7. The molecule has 3 aliphatic heterocycles. The molecule has 1 aromatic carbocycles. The van der Waals surface area contributed by atoms with E-state index in [4.69, 9.17) is 15.5 Å². The maximum absolute atomic E-state index is 13.4. The molecule has 0 aliphatic carbocycles. The molecule has 3 aliphatic rings. The number of hydrogen-bond acceptors (Lipinski definition) is 6. The summed E-state index contributed by atoms with van der Waals surface area (Å²) >= 11 is 0. The molecule has 33 heavy (non-hydrogen) atoms. The third-order valence-corrected chi connectivity index (χ3v) is 5.66. The number of anilines is 2. The Balaban J connectivity index is 0.000000895. The van der Waals surface area contributed by atoms with Crippen molar-refractivity contribution < 1.29 is 15.8 Å². The van der Waals surface area contributed by atoms with E-state index in [0.717, 1.165) is 30.9 Å². The Labute approximate surface area is 197 Å². The Kier molecular flexibility index (Phi) is 8.78. The number of likely N-dealkylation sites (N-methyl/N-ethyl adjacent to an activating group) is 1. The molecule has 0 bridgehead atoms. The van der Waals surface area contributed by atoms with Crippen LogP contribution in [-0.4, -0.2) is 78.5 Å². The van der Waals surface area contributed by atoms with Crippen LogP contribution in [-0.2, 0) is 9.59 Å². The van der Waals surface area contributed by atoms with Gasteiger partial charge in [-0.15, -0.1) is 0 Å². The number of rotatable bonds is 5. The maximum Gasteiger partial charge on any atom is 0.330 e. The first-order valence-corrected chi connectivity index (χ1v) is 10.6. The summed E-state index contributed by atoms with van der Waals surface area (Å²) in [4.78, 5) is 46.4. The van der Waals surface area contributed by atoms with E-state index in [1.807, 2.05) is 31.0 Å². The summed E-state index contributed by atoms with van der Waals surface area (Å²) in [7, 11) is 2.00. The average Bonchev–Trinajstić information content (AvgIpc) is 3.18. The number of likely N-dealkylation sites (tertiary alicyclic amines) is 1. The van der Waals surface area contributed by atoms with Gasteiger partial charge in [0.25, 0.3) is 0 Å². The maximum atomic E-state index is 13.4. The van der Waals surface area contributed by atoms with E-state index in [1.54, 1.807) is 21.9 Å². The Bertz CT molecular complexity index is 971. The third-order valence-electron chi connectivity index (χ3n) is 5.66. The molecule has 0 radical (unpaired) electrons. The van der Waals surface area contributed by atoms with Crippen LogP contribution in [0.3, 0.4) is 0 Å². The quantitative estimate of drug-likeness (QED) is 0.417. The highest BCUT2D eigenvalue weighted by atomic mass is 16.2. The van der Waals surface area contributed by atoms with Gasteiger partial charge in [-0.05, 0) is 37.6 Å². The Morgan fingerprint density at radius 1 is 1.21 bits per heavy atom. The van der Waals surface area contributed by atoms with Gasteiger partial charge in [0.1, 0.15) is 17.9 Å². The van der Waals surface area contributed by atoms with E-state index in [-0.39, 0.29) is 20.8 Å². The predicted octanol–water partition coefficient (Wildman–Crippen LogP) is 2.96. The molecule has 9 nitrogen and oxygen atoms in total. The van der Waals surface area contributed by atoms with Gasteiger partial charge in [-0.2, -0.15) is 0 Å². The molecule has 9 heteroatoms. The van der Waals surface area contributed by atoms with E-state index < -0.39 is 0 Å².